The van der Waals surface area contributed by atoms with Crippen molar-refractivity contribution >= 4 is 28.9 Å². The van der Waals surface area contributed by atoms with Gasteiger partial charge in [-0.3, -0.25) is 14.7 Å². The van der Waals surface area contributed by atoms with Crippen LogP contribution in [0.1, 0.15) is 16.2 Å². The Bertz CT molecular complexity index is 1060. The molecule has 0 spiro atoms. The second kappa shape index (κ2) is 9.66. The Balaban J connectivity index is 1.64. The van der Waals surface area contributed by atoms with Crippen molar-refractivity contribution in [3.8, 4) is 5.69 Å². The molecule has 30 heavy (non-hydrogen) atoms. The smallest absolute Gasteiger partial charge is 0.338 e. The number of hydrogen-bond donors (Lipinski definition) is 2. The molecule has 0 atom stereocenters. The minimum atomic E-state index is -0.733. The normalized spacial score (nSPS) is 10.6. The van der Waals surface area contributed by atoms with E-state index in [0.717, 1.165) is 17.0 Å². The third-order valence-corrected chi connectivity index (χ3v) is 4.25. The first-order chi connectivity index (χ1) is 14.5. The molecule has 2 aromatic carbocycles. The number of methoxy groups -OCH3 is 1. The van der Waals surface area contributed by atoms with Gasteiger partial charge < -0.3 is 14.8 Å². The third kappa shape index (κ3) is 5.00. The van der Waals surface area contributed by atoms with Crippen LogP contribution >= 0.6 is 0 Å². The Morgan fingerprint density at radius 1 is 1.10 bits per heavy atom. The zero-order chi connectivity index (χ0) is 21.5. The van der Waals surface area contributed by atoms with Crippen LogP contribution in [0.15, 0.2) is 48.5 Å². The number of aromatic nitrogens is 2. The molecule has 0 unspecified atom stereocenters. The summed E-state index contributed by atoms with van der Waals surface area (Å²) in [5, 5.41) is 4.49. The summed E-state index contributed by atoms with van der Waals surface area (Å²) in [5.41, 5.74) is 2.71. The summed E-state index contributed by atoms with van der Waals surface area (Å²) in [6.45, 7) is 1.88. The fourth-order valence-corrected chi connectivity index (χ4v) is 2.92. The van der Waals surface area contributed by atoms with E-state index < -0.39 is 24.5 Å². The minimum absolute atomic E-state index is 0.254. The molecule has 3 rings (SSSR count). The maximum atomic E-state index is 12.3. The van der Waals surface area contributed by atoms with Crippen molar-refractivity contribution in [2.24, 2.45) is 0 Å². The number of carbonyl (C=O) groups excluding carboxylic acids is 3. The van der Waals surface area contributed by atoms with E-state index in [1.165, 1.54) is 7.11 Å². The Morgan fingerprint density at radius 2 is 1.87 bits per heavy atom. The fraction of sp³-hybridized carbons (Fsp3) is 0.238. The number of aryl methyl sites for hydroxylation is 1. The number of imidazole rings is 1. The van der Waals surface area contributed by atoms with Crippen LogP contribution in [0.4, 0.5) is 4.79 Å². The number of nitrogens with zero attached hydrogens (tertiary/aromatic N) is 2. The average molecular weight is 410 g/mol. The molecular weight excluding hydrogens is 388 g/mol. The van der Waals surface area contributed by atoms with E-state index in [9.17, 15) is 14.4 Å². The summed E-state index contributed by atoms with van der Waals surface area (Å²) in [6.07, 6.45) is 0. The highest BCUT2D eigenvalue weighted by atomic mass is 16.5. The topological polar surface area (TPSA) is 112 Å². The number of benzene rings is 2. The van der Waals surface area contributed by atoms with Gasteiger partial charge in [-0.2, -0.15) is 0 Å². The van der Waals surface area contributed by atoms with Gasteiger partial charge in [-0.05, 0) is 37.3 Å². The van der Waals surface area contributed by atoms with Gasteiger partial charge in [-0.15, -0.1) is 0 Å². The summed E-state index contributed by atoms with van der Waals surface area (Å²) < 4.78 is 11.8. The van der Waals surface area contributed by atoms with Crippen LogP contribution in [-0.2, 0) is 14.3 Å². The number of amides is 3. The SMILES string of the molecule is COCCNC(=O)NC(=O)COC(=O)c1ccc2c(c1)nc(C)n2-c1ccccc1. The molecule has 0 saturated heterocycles. The van der Waals surface area contributed by atoms with Crippen molar-refractivity contribution in [2.45, 2.75) is 6.92 Å². The molecule has 156 valence electrons. The van der Waals surface area contributed by atoms with E-state index in [2.05, 4.69) is 15.6 Å². The van der Waals surface area contributed by atoms with Crippen LogP contribution in [-0.4, -0.2) is 54.3 Å². The van der Waals surface area contributed by atoms with Crippen LogP contribution in [0.3, 0.4) is 0 Å². The summed E-state index contributed by atoms with van der Waals surface area (Å²) in [4.78, 5) is 40.0. The molecule has 3 amide bonds. The van der Waals surface area contributed by atoms with Gasteiger partial charge in [0.2, 0.25) is 0 Å². The molecule has 0 fully saturated rings. The van der Waals surface area contributed by atoms with Gasteiger partial charge in [-0.25, -0.2) is 14.6 Å². The minimum Gasteiger partial charge on any atom is -0.452 e. The number of esters is 1. The van der Waals surface area contributed by atoms with E-state index >= 15 is 0 Å². The molecule has 0 aliphatic carbocycles. The van der Waals surface area contributed by atoms with Crippen molar-refractivity contribution < 1.29 is 23.9 Å². The largest absolute Gasteiger partial charge is 0.452 e. The first kappa shape index (κ1) is 21.0. The molecular formula is C21H22N4O5. The Kier molecular flexibility index (Phi) is 6.76. The van der Waals surface area contributed by atoms with E-state index in [1.807, 2.05) is 41.8 Å². The number of ether oxygens (including phenoxy) is 2. The van der Waals surface area contributed by atoms with Gasteiger partial charge in [0.15, 0.2) is 6.61 Å². The Morgan fingerprint density at radius 3 is 2.60 bits per heavy atom. The van der Waals surface area contributed by atoms with Crippen molar-refractivity contribution in [3.63, 3.8) is 0 Å². The highest BCUT2D eigenvalue weighted by Gasteiger charge is 2.15. The van der Waals surface area contributed by atoms with E-state index in [0.29, 0.717) is 12.1 Å². The molecule has 2 N–H and O–H groups in total. The van der Waals surface area contributed by atoms with Gasteiger partial charge in [-0.1, -0.05) is 18.2 Å². The number of urea groups is 1. The number of fused-ring (bicyclic) bond motifs is 1. The van der Waals surface area contributed by atoms with Crippen LogP contribution < -0.4 is 10.6 Å². The van der Waals surface area contributed by atoms with Gasteiger partial charge >= 0.3 is 12.0 Å². The van der Waals surface area contributed by atoms with Crippen LogP contribution in [0, 0.1) is 6.92 Å². The van der Waals surface area contributed by atoms with Crippen molar-refractivity contribution in [2.75, 3.05) is 26.9 Å². The lowest BCUT2D eigenvalue weighted by molar-refractivity contribution is -0.123. The highest BCUT2D eigenvalue weighted by Crippen LogP contribution is 2.22. The number of hydrogen-bond acceptors (Lipinski definition) is 6. The number of imide groups is 1. The summed E-state index contributed by atoms with van der Waals surface area (Å²) >= 11 is 0. The average Bonchev–Trinajstić information content (AvgIpc) is 3.07. The molecule has 0 aliphatic rings. The number of rotatable bonds is 7. The fourth-order valence-electron chi connectivity index (χ4n) is 2.92. The second-order valence-corrected chi connectivity index (χ2v) is 6.41. The molecule has 3 aromatic rings. The van der Waals surface area contributed by atoms with Crippen LogP contribution in [0.5, 0.6) is 0 Å². The predicted molar refractivity (Wildman–Crippen MR) is 110 cm³/mol. The van der Waals surface area contributed by atoms with Gasteiger partial charge in [0.05, 0.1) is 23.2 Å². The van der Waals surface area contributed by atoms with Crippen molar-refractivity contribution in [3.05, 3.63) is 59.9 Å². The summed E-state index contributed by atoms with van der Waals surface area (Å²) in [6, 6.07) is 14.1. The molecule has 0 aliphatic heterocycles. The Labute approximate surface area is 173 Å². The first-order valence-corrected chi connectivity index (χ1v) is 9.28. The monoisotopic (exact) mass is 410 g/mol. The molecule has 0 radical (unpaired) electrons. The zero-order valence-electron chi connectivity index (χ0n) is 16.7. The highest BCUT2D eigenvalue weighted by molar-refractivity contribution is 5.98. The maximum Gasteiger partial charge on any atom is 0.338 e. The van der Waals surface area contributed by atoms with E-state index in [-0.39, 0.29) is 12.1 Å². The van der Waals surface area contributed by atoms with Gasteiger partial charge in [0.25, 0.3) is 5.91 Å². The lowest BCUT2D eigenvalue weighted by Crippen LogP contribution is -2.42. The molecule has 0 saturated carbocycles. The van der Waals surface area contributed by atoms with Crippen molar-refractivity contribution in [1.29, 1.82) is 0 Å². The summed E-state index contributed by atoms with van der Waals surface area (Å²) in [5.74, 6) is -0.636. The molecule has 0 bridgehead atoms. The zero-order valence-corrected chi connectivity index (χ0v) is 16.7. The van der Waals surface area contributed by atoms with E-state index in [4.69, 9.17) is 9.47 Å². The van der Waals surface area contributed by atoms with Crippen LogP contribution in [0.25, 0.3) is 16.7 Å². The van der Waals surface area contributed by atoms with E-state index in [1.54, 1.807) is 18.2 Å². The number of carbonyl (C=O) groups is 3. The third-order valence-electron chi connectivity index (χ3n) is 4.25. The lowest BCUT2D eigenvalue weighted by Gasteiger charge is -2.08. The van der Waals surface area contributed by atoms with Gasteiger partial charge in [0.1, 0.15) is 5.82 Å². The number of para-hydroxylation sites is 1. The molecule has 9 nitrogen and oxygen atoms in total. The predicted octanol–water partition coefficient (Wildman–Crippen LogP) is 1.96. The molecule has 1 aromatic heterocycles. The Hall–Kier alpha value is -3.72. The summed E-state index contributed by atoms with van der Waals surface area (Å²) in [7, 11) is 1.50. The first-order valence-electron chi connectivity index (χ1n) is 9.28. The standard InChI is InChI=1S/C21H22N4O5/c1-14-23-17-12-15(8-9-18(17)25(14)16-6-4-3-5-7-16)20(27)30-13-19(26)24-21(28)22-10-11-29-2/h3-9,12H,10-11,13H2,1-2H3,(H2,22,24,26,28). The maximum absolute atomic E-state index is 12.3. The van der Waals surface area contributed by atoms with Crippen molar-refractivity contribution in [1.82, 2.24) is 20.2 Å². The van der Waals surface area contributed by atoms with Gasteiger partial charge in [0, 0.05) is 19.3 Å². The second-order valence-electron chi connectivity index (χ2n) is 6.41. The quantitative estimate of drug-likeness (QED) is 0.455. The number of nitrogens with one attached hydrogen (secondary N) is 2. The molecule has 9 heteroatoms. The lowest BCUT2D eigenvalue weighted by atomic mass is 10.2. The molecule has 1 heterocycles. The van der Waals surface area contributed by atoms with Crippen LogP contribution in [0.2, 0.25) is 0 Å².